The van der Waals surface area contributed by atoms with E-state index in [2.05, 4.69) is 4.72 Å². The molecule has 4 fully saturated rings. The predicted molar refractivity (Wildman–Crippen MR) is 107 cm³/mol. The Morgan fingerprint density at radius 2 is 1.83 bits per heavy atom. The van der Waals surface area contributed by atoms with E-state index in [0.717, 1.165) is 18.4 Å². The first-order valence-electron chi connectivity index (χ1n) is 9.83. The van der Waals surface area contributed by atoms with Crippen molar-refractivity contribution < 1.29 is 17.8 Å². The van der Waals surface area contributed by atoms with E-state index in [1.54, 1.807) is 18.4 Å². The van der Waals surface area contributed by atoms with Gasteiger partial charge in [0.25, 0.3) is 0 Å². The minimum atomic E-state index is -1.10. The zero-order chi connectivity index (χ0) is 20.3. The maximum atomic E-state index is 14.4. The van der Waals surface area contributed by atoms with Gasteiger partial charge in [0.15, 0.2) is 0 Å². The third-order valence-electron chi connectivity index (χ3n) is 6.51. The molecular formula is C22H22F2N2O2S. The highest BCUT2D eigenvalue weighted by Gasteiger charge is 2.59. The first kappa shape index (κ1) is 18.9. The SMILES string of the molecule is CS(=O)NC12CC(C1)N(C(=O)[C@@H]1C[C@H]1c1ccccc1-c1c(F)cccc1F)C2. The fraction of sp³-hybridized carbons (Fsp3) is 0.409. The second-order valence-electron chi connectivity index (χ2n) is 8.50. The molecule has 0 spiro atoms. The zero-order valence-electron chi connectivity index (χ0n) is 16.0. The molecule has 0 radical (unpaired) electrons. The molecule has 2 saturated heterocycles. The van der Waals surface area contributed by atoms with Gasteiger partial charge in [-0.05, 0) is 48.4 Å². The molecule has 1 amide bonds. The number of halogens is 2. The summed E-state index contributed by atoms with van der Waals surface area (Å²) in [5.74, 6) is -1.27. The van der Waals surface area contributed by atoms with Gasteiger partial charge in [0.1, 0.15) is 11.6 Å². The van der Waals surface area contributed by atoms with Gasteiger partial charge in [0, 0.05) is 24.8 Å². The molecule has 2 aromatic carbocycles. The molecule has 7 heteroatoms. The van der Waals surface area contributed by atoms with Crippen molar-refractivity contribution in [2.75, 3.05) is 12.8 Å². The number of fused-ring (bicyclic) bond motifs is 1. The molecule has 4 aliphatic rings. The number of nitrogens with one attached hydrogen (secondary N) is 1. The molecule has 2 aliphatic carbocycles. The topological polar surface area (TPSA) is 49.4 Å². The number of amides is 1. The molecular weight excluding hydrogens is 394 g/mol. The number of carbonyl (C=O) groups excluding carboxylic acids is 1. The minimum Gasteiger partial charge on any atom is -0.337 e. The summed E-state index contributed by atoms with van der Waals surface area (Å²) in [7, 11) is -1.10. The van der Waals surface area contributed by atoms with Crippen molar-refractivity contribution in [2.24, 2.45) is 5.92 Å². The van der Waals surface area contributed by atoms with E-state index in [1.807, 2.05) is 17.0 Å². The van der Waals surface area contributed by atoms with Crippen LogP contribution in [0.15, 0.2) is 42.5 Å². The quantitative estimate of drug-likeness (QED) is 0.813. The predicted octanol–water partition coefficient (Wildman–Crippen LogP) is 3.36. The van der Waals surface area contributed by atoms with Gasteiger partial charge in [0.2, 0.25) is 5.91 Å². The van der Waals surface area contributed by atoms with E-state index < -0.39 is 22.6 Å². The maximum Gasteiger partial charge on any atom is 0.226 e. The van der Waals surface area contributed by atoms with Gasteiger partial charge >= 0.3 is 0 Å². The molecule has 2 aliphatic heterocycles. The summed E-state index contributed by atoms with van der Waals surface area (Å²) in [4.78, 5) is 15.0. The van der Waals surface area contributed by atoms with Crippen LogP contribution >= 0.6 is 0 Å². The number of hydrogen-bond donors (Lipinski definition) is 1. The lowest BCUT2D eigenvalue weighted by Gasteiger charge is -2.36. The number of rotatable bonds is 5. The van der Waals surface area contributed by atoms with Crippen molar-refractivity contribution in [2.45, 2.75) is 36.8 Å². The molecule has 6 rings (SSSR count). The normalized spacial score (nSPS) is 30.7. The summed E-state index contributed by atoms with van der Waals surface area (Å²) in [6, 6.07) is 11.3. The summed E-state index contributed by atoms with van der Waals surface area (Å²) in [5.41, 5.74) is 1.11. The van der Waals surface area contributed by atoms with Crippen molar-refractivity contribution in [3.8, 4) is 11.1 Å². The third-order valence-corrected chi connectivity index (χ3v) is 7.23. The van der Waals surface area contributed by atoms with E-state index >= 15 is 0 Å². The van der Waals surface area contributed by atoms with Gasteiger partial charge in [-0.3, -0.25) is 4.79 Å². The summed E-state index contributed by atoms with van der Waals surface area (Å²) >= 11 is 0. The molecule has 2 aromatic rings. The second kappa shape index (κ2) is 6.71. The van der Waals surface area contributed by atoms with Gasteiger partial charge < -0.3 is 4.90 Å². The Labute approximate surface area is 170 Å². The Morgan fingerprint density at radius 3 is 2.52 bits per heavy atom. The van der Waals surface area contributed by atoms with Gasteiger partial charge in [0.05, 0.1) is 22.1 Å². The van der Waals surface area contributed by atoms with Crippen LogP contribution in [0.25, 0.3) is 11.1 Å². The van der Waals surface area contributed by atoms with Crippen LogP contribution in [-0.2, 0) is 15.8 Å². The van der Waals surface area contributed by atoms with Gasteiger partial charge in [-0.2, -0.15) is 0 Å². The van der Waals surface area contributed by atoms with E-state index in [4.69, 9.17) is 0 Å². The monoisotopic (exact) mass is 416 g/mol. The lowest BCUT2D eigenvalue weighted by molar-refractivity contribution is -0.132. The Balaban J connectivity index is 1.37. The average Bonchev–Trinajstić information content (AvgIpc) is 3.26. The molecule has 0 aromatic heterocycles. The van der Waals surface area contributed by atoms with E-state index in [1.165, 1.54) is 18.2 Å². The van der Waals surface area contributed by atoms with E-state index in [-0.39, 0.29) is 34.9 Å². The van der Waals surface area contributed by atoms with Crippen molar-refractivity contribution in [3.63, 3.8) is 0 Å². The van der Waals surface area contributed by atoms with Crippen LogP contribution in [0, 0.1) is 17.6 Å². The first-order chi connectivity index (χ1) is 13.9. The van der Waals surface area contributed by atoms with Gasteiger partial charge in [-0.15, -0.1) is 0 Å². The fourth-order valence-corrected chi connectivity index (χ4v) is 5.99. The van der Waals surface area contributed by atoms with Crippen LogP contribution in [0.4, 0.5) is 8.78 Å². The molecule has 1 N–H and O–H groups in total. The number of benzene rings is 2. The maximum absolute atomic E-state index is 14.4. The molecule has 4 nitrogen and oxygen atoms in total. The fourth-order valence-electron chi connectivity index (χ4n) is 5.15. The van der Waals surface area contributed by atoms with Crippen LogP contribution in [-0.4, -0.2) is 39.4 Å². The Kier molecular flexibility index (Phi) is 4.37. The molecule has 1 unspecified atom stereocenters. The molecule has 3 atom stereocenters. The van der Waals surface area contributed by atoms with Crippen molar-refractivity contribution >= 4 is 16.9 Å². The lowest BCUT2D eigenvalue weighted by Crippen LogP contribution is -2.52. The molecule has 2 saturated carbocycles. The summed E-state index contributed by atoms with van der Waals surface area (Å²) < 4.78 is 43.4. The Hall–Kier alpha value is -2.12. The highest BCUT2D eigenvalue weighted by atomic mass is 32.2. The highest BCUT2D eigenvalue weighted by molar-refractivity contribution is 7.82. The Bertz CT molecular complexity index is 1000. The summed E-state index contributed by atoms with van der Waals surface area (Å²) in [6.07, 6.45) is 3.98. The highest BCUT2D eigenvalue weighted by Crippen LogP contribution is 2.54. The Morgan fingerprint density at radius 1 is 1.14 bits per heavy atom. The van der Waals surface area contributed by atoms with Gasteiger partial charge in [-0.1, -0.05) is 30.3 Å². The zero-order valence-corrected chi connectivity index (χ0v) is 16.8. The van der Waals surface area contributed by atoms with Crippen LogP contribution in [0.1, 0.15) is 30.7 Å². The smallest absolute Gasteiger partial charge is 0.226 e. The van der Waals surface area contributed by atoms with Crippen molar-refractivity contribution in [1.82, 2.24) is 9.62 Å². The number of nitrogens with zero attached hydrogens (tertiary/aromatic N) is 1. The van der Waals surface area contributed by atoms with E-state index in [9.17, 15) is 17.8 Å². The molecule has 29 heavy (non-hydrogen) atoms. The molecule has 2 bridgehead atoms. The van der Waals surface area contributed by atoms with Crippen molar-refractivity contribution in [1.29, 1.82) is 0 Å². The first-order valence-corrected chi connectivity index (χ1v) is 11.4. The summed E-state index contributed by atoms with van der Waals surface area (Å²) in [5, 5.41) is 0. The van der Waals surface area contributed by atoms with Crippen molar-refractivity contribution in [3.05, 3.63) is 59.7 Å². The lowest BCUT2D eigenvalue weighted by atomic mass is 9.79. The second-order valence-corrected chi connectivity index (χ2v) is 9.61. The van der Waals surface area contributed by atoms with Crippen LogP contribution in [0.3, 0.4) is 0 Å². The van der Waals surface area contributed by atoms with Crippen LogP contribution in [0.5, 0.6) is 0 Å². The minimum absolute atomic E-state index is 0.0280. The van der Waals surface area contributed by atoms with E-state index in [0.29, 0.717) is 18.5 Å². The third kappa shape index (κ3) is 3.11. The molecule has 152 valence electrons. The van der Waals surface area contributed by atoms with Crippen LogP contribution in [0.2, 0.25) is 0 Å². The summed E-state index contributed by atoms with van der Waals surface area (Å²) in [6.45, 7) is 0.586. The standard InChI is InChI=1S/C22H22F2N2O2S/c1-29(28)25-22-10-13(11-22)26(12-22)21(27)17-9-16(17)14-5-2-3-6-15(14)20-18(23)7-4-8-19(20)24/h2-8,13,16-17,25H,9-12H2,1H3/t13?,16-,17+,22?,29?/m0/s1. The molecule has 2 heterocycles. The van der Waals surface area contributed by atoms with Crippen LogP contribution < -0.4 is 4.72 Å². The number of carbonyl (C=O) groups is 1. The number of hydrogen-bond acceptors (Lipinski definition) is 2. The largest absolute Gasteiger partial charge is 0.337 e. The average molecular weight is 416 g/mol. The van der Waals surface area contributed by atoms with Gasteiger partial charge in [-0.25, -0.2) is 17.7 Å².